The van der Waals surface area contributed by atoms with Gasteiger partial charge in [0.05, 0.1) is 50.5 Å². The quantitative estimate of drug-likeness (QED) is 0.125. The van der Waals surface area contributed by atoms with E-state index in [-0.39, 0.29) is 0 Å². The van der Waals surface area contributed by atoms with Crippen LogP contribution in [0.5, 0.6) is 0 Å². The highest BCUT2D eigenvalue weighted by molar-refractivity contribution is 6.09. The Balaban J connectivity index is 0.000000111. The Labute approximate surface area is 673 Å². The maximum Gasteiger partial charge on any atom is 0.160 e. The second kappa shape index (κ2) is 30.0. The van der Waals surface area contributed by atoms with Gasteiger partial charge in [-0.2, -0.15) is 0 Å². The van der Waals surface area contributed by atoms with E-state index in [1.54, 1.807) is 0 Å². The average molecular weight is 1500 g/mol. The van der Waals surface area contributed by atoms with Crippen molar-refractivity contribution in [3.63, 3.8) is 0 Å². The van der Waals surface area contributed by atoms with Crippen LogP contribution in [0, 0.1) is 0 Å². The van der Waals surface area contributed by atoms with Gasteiger partial charge in [0.25, 0.3) is 0 Å². The summed E-state index contributed by atoms with van der Waals surface area (Å²) in [6.45, 7) is 0. The molecular weight excluding hydrogens is 1430 g/mol. The molecule has 0 radical (unpaired) electrons. The smallest absolute Gasteiger partial charge is 0.160 e. The van der Waals surface area contributed by atoms with Crippen LogP contribution in [0.3, 0.4) is 0 Å². The molecule has 0 aliphatic rings. The van der Waals surface area contributed by atoms with Gasteiger partial charge in [-0.15, -0.1) is 0 Å². The molecule has 0 saturated heterocycles. The maximum absolute atomic E-state index is 6.07. The Bertz CT molecular complexity index is 7600. The van der Waals surface area contributed by atoms with E-state index in [9.17, 15) is 0 Å². The Morgan fingerprint density at radius 3 is 0.974 bits per heavy atom. The van der Waals surface area contributed by atoms with Crippen LogP contribution in [0.15, 0.2) is 426 Å². The van der Waals surface area contributed by atoms with Gasteiger partial charge in [-0.25, -0.2) is 24.9 Å². The topological polar surface area (TPSA) is 117 Å². The minimum absolute atomic E-state index is 0.732. The molecule has 0 unspecified atom stereocenters. The van der Waals surface area contributed by atoms with E-state index in [2.05, 4.69) is 278 Å². The van der Waals surface area contributed by atoms with E-state index in [0.717, 1.165) is 222 Å². The van der Waals surface area contributed by atoms with Crippen molar-refractivity contribution >= 4 is 98.7 Å². The van der Waals surface area contributed by atoms with Crippen molar-refractivity contribution in [2.45, 2.75) is 0 Å². The lowest BCUT2D eigenvalue weighted by molar-refractivity contribution is 0.668. The van der Waals surface area contributed by atoms with Crippen molar-refractivity contribution in [2.24, 2.45) is 0 Å². The summed E-state index contributed by atoms with van der Waals surface area (Å²) in [7, 11) is 0. The van der Waals surface area contributed by atoms with Crippen LogP contribution in [-0.2, 0) is 0 Å². The van der Waals surface area contributed by atoms with Crippen molar-refractivity contribution in [3.8, 4) is 123 Å². The third-order valence-corrected chi connectivity index (χ3v) is 21.9. The number of hydrogen-bond donors (Lipinski definition) is 0. The van der Waals surface area contributed by atoms with Crippen molar-refractivity contribution in [2.75, 3.05) is 0 Å². The number of benzene rings is 16. The monoisotopic (exact) mass is 1500 g/mol. The van der Waals surface area contributed by atoms with Crippen LogP contribution in [-0.4, -0.2) is 29.9 Å². The van der Waals surface area contributed by atoms with E-state index in [1.807, 2.05) is 140 Å². The van der Waals surface area contributed by atoms with Gasteiger partial charge < -0.3 is 13.3 Å². The lowest BCUT2D eigenvalue weighted by Gasteiger charge is -2.15. The summed E-state index contributed by atoms with van der Waals surface area (Å²) in [5.74, 6) is 0.732. The Kier molecular flexibility index (Phi) is 17.7. The largest absolute Gasteiger partial charge is 0.456 e. The molecule has 16 aromatic carbocycles. The van der Waals surface area contributed by atoms with Crippen LogP contribution in [0.25, 0.3) is 222 Å². The van der Waals surface area contributed by atoms with Gasteiger partial charge in [0.1, 0.15) is 33.5 Å². The minimum Gasteiger partial charge on any atom is -0.456 e. The number of aromatic nitrogens is 6. The summed E-state index contributed by atoms with van der Waals surface area (Å²) in [4.78, 5) is 30.1. The van der Waals surface area contributed by atoms with E-state index in [4.69, 9.17) is 38.2 Å². The van der Waals surface area contributed by atoms with Gasteiger partial charge >= 0.3 is 0 Å². The number of para-hydroxylation sites is 5. The first-order chi connectivity index (χ1) is 57.9. The number of fused-ring (bicyclic) bond motifs is 12. The second-order valence-corrected chi connectivity index (χ2v) is 29.2. The zero-order valence-electron chi connectivity index (χ0n) is 63.2. The molecular formula is C108H68N6O3. The van der Waals surface area contributed by atoms with Gasteiger partial charge in [0.2, 0.25) is 0 Å². The number of furan rings is 3. The van der Waals surface area contributed by atoms with Crippen molar-refractivity contribution < 1.29 is 13.3 Å². The highest BCUT2D eigenvalue weighted by Gasteiger charge is 2.20. The molecule has 0 atom stereocenters. The fraction of sp³-hybridized carbons (Fsp3) is 0. The molecule has 7 heterocycles. The van der Waals surface area contributed by atoms with E-state index >= 15 is 0 Å². The lowest BCUT2D eigenvalue weighted by atomic mass is 9.93. The van der Waals surface area contributed by atoms with E-state index in [0.29, 0.717) is 0 Å². The Hall–Kier alpha value is -15.8. The minimum atomic E-state index is 0.732. The first-order valence-electron chi connectivity index (χ1n) is 39.2. The standard InChI is InChI=1S/C44H28N2O.2C32H20N2O/c1-3-11-29(12-4-1)34-25-35(30-13-5-2-6-14-30)27-36(26-34)44-43(45-39-16-8-9-17-40(39)46-44)32-21-19-31(20-22-32)33-23-24-42-38(28-33)37-15-7-10-18-41(37)47-42;1-3-9-21(10-4-1)31-27-20-23(15-17-28(27)33-32(34-31)22-11-5-2-6-12-22)24-16-18-30-26(19-24)25-13-7-8-14-29(25)35-30;1-2-7-23(8-3-1)32-26-10-6-18-33-29(26)20-28(34-32)22-14-12-21(13-15-22)24-16-17-31-27(19-24)25-9-4-5-11-30(25)35-31/h1-28H;2*1-20H. The molecule has 0 saturated carbocycles. The molecule has 0 aliphatic heterocycles. The third kappa shape index (κ3) is 13.5. The molecule has 117 heavy (non-hydrogen) atoms. The predicted octanol–water partition coefficient (Wildman–Crippen LogP) is 28.9. The van der Waals surface area contributed by atoms with Gasteiger partial charge in [-0.1, -0.05) is 291 Å². The Morgan fingerprint density at radius 1 is 0.154 bits per heavy atom. The third-order valence-electron chi connectivity index (χ3n) is 21.9. The Morgan fingerprint density at radius 2 is 0.487 bits per heavy atom. The predicted molar refractivity (Wildman–Crippen MR) is 480 cm³/mol. The normalized spacial score (nSPS) is 11.4. The van der Waals surface area contributed by atoms with Crippen LogP contribution < -0.4 is 0 Å². The maximum atomic E-state index is 6.07. The summed E-state index contributed by atoms with van der Waals surface area (Å²) in [5.41, 5.74) is 31.3. The van der Waals surface area contributed by atoms with Crippen molar-refractivity contribution in [3.05, 3.63) is 413 Å². The number of nitrogens with zero attached hydrogens (tertiary/aromatic N) is 6. The molecule has 9 heteroatoms. The number of rotatable bonds is 11. The van der Waals surface area contributed by atoms with Gasteiger partial charge in [-0.3, -0.25) is 4.98 Å². The first kappa shape index (κ1) is 69.1. The summed E-state index contributed by atoms with van der Waals surface area (Å²) in [6.07, 6.45) is 1.83. The highest BCUT2D eigenvalue weighted by Crippen LogP contribution is 2.42. The zero-order valence-corrected chi connectivity index (χ0v) is 63.2. The van der Waals surface area contributed by atoms with Crippen LogP contribution in [0.4, 0.5) is 0 Å². The summed E-state index contributed by atoms with van der Waals surface area (Å²) in [5, 5.41) is 8.87. The molecule has 0 fully saturated rings. The molecule has 0 spiro atoms. The van der Waals surface area contributed by atoms with Gasteiger partial charge in [0.15, 0.2) is 5.82 Å². The van der Waals surface area contributed by atoms with Crippen molar-refractivity contribution in [1.29, 1.82) is 0 Å². The highest BCUT2D eigenvalue weighted by atomic mass is 16.3. The van der Waals surface area contributed by atoms with Crippen LogP contribution in [0.1, 0.15) is 0 Å². The molecule has 0 aliphatic carbocycles. The number of hydrogen-bond acceptors (Lipinski definition) is 9. The molecule has 0 amide bonds. The summed E-state index contributed by atoms with van der Waals surface area (Å²) >= 11 is 0. The van der Waals surface area contributed by atoms with Gasteiger partial charge in [0, 0.05) is 82.7 Å². The van der Waals surface area contributed by atoms with E-state index < -0.39 is 0 Å². The number of pyridine rings is 2. The molecule has 23 aromatic rings. The molecule has 0 bridgehead atoms. The van der Waals surface area contributed by atoms with Crippen LogP contribution >= 0.6 is 0 Å². The molecule has 548 valence electrons. The van der Waals surface area contributed by atoms with E-state index in [1.165, 1.54) is 0 Å². The first-order valence-corrected chi connectivity index (χ1v) is 39.2. The zero-order chi connectivity index (χ0) is 77.5. The van der Waals surface area contributed by atoms with Gasteiger partial charge in [-0.05, 0) is 171 Å². The second-order valence-electron chi connectivity index (χ2n) is 29.2. The molecule has 9 nitrogen and oxygen atoms in total. The molecule has 0 N–H and O–H groups in total. The van der Waals surface area contributed by atoms with Crippen molar-refractivity contribution in [1.82, 2.24) is 29.9 Å². The molecule has 7 aromatic heterocycles. The van der Waals surface area contributed by atoms with Crippen LogP contribution in [0.2, 0.25) is 0 Å². The molecule has 23 rings (SSSR count). The SMILES string of the molecule is c1ccc(-c2cc(-c3ccccc3)cc(-c3nc4ccccc4nc3-c3ccc(-c4ccc5oc6ccccc6c5c4)cc3)c2)cc1.c1ccc(-c2nc(-c3ccc(-c4ccc5oc6ccccc6c5c4)cc3)cc3ncccc23)cc1.c1ccc(-c2nc(-c3ccccc3)c3cc(-c4ccc5oc6ccccc6c5c4)ccc3n2)cc1. The lowest BCUT2D eigenvalue weighted by Crippen LogP contribution is -1.96. The summed E-state index contributed by atoms with van der Waals surface area (Å²) in [6, 6.07) is 140. The fourth-order valence-electron chi connectivity index (χ4n) is 16.0. The average Bonchev–Trinajstić information content (AvgIpc) is 1.73. The summed E-state index contributed by atoms with van der Waals surface area (Å²) < 4.78 is 18.1. The fourth-order valence-corrected chi connectivity index (χ4v) is 16.0.